The summed E-state index contributed by atoms with van der Waals surface area (Å²) in [5, 5.41) is 11.0. The molecule has 1 amide bonds. The van der Waals surface area contributed by atoms with Gasteiger partial charge in [-0.1, -0.05) is 41.6 Å². The number of carbonyl (C=O) groups is 2. The Bertz CT molecular complexity index is 1170. The molecule has 2 aromatic carbocycles. The van der Waals surface area contributed by atoms with Crippen molar-refractivity contribution in [2.24, 2.45) is 4.99 Å². The van der Waals surface area contributed by atoms with Crippen LogP contribution in [0.3, 0.4) is 0 Å². The third-order valence-electron chi connectivity index (χ3n) is 4.37. The fourth-order valence-corrected chi connectivity index (χ4v) is 4.16. The summed E-state index contributed by atoms with van der Waals surface area (Å²) in [6.45, 7) is 1.89. The molecule has 0 spiro atoms. The maximum Gasteiger partial charge on any atom is 0.344 e. The third kappa shape index (κ3) is 4.30. The van der Waals surface area contributed by atoms with Crippen molar-refractivity contribution in [3.8, 4) is 11.5 Å². The van der Waals surface area contributed by atoms with E-state index in [-0.39, 0.29) is 40.4 Å². The molecule has 0 fully saturated rings. The normalized spacial score (nSPS) is 17.5. The smallest absolute Gasteiger partial charge is 0.344 e. The average molecular weight is 458 g/mol. The van der Waals surface area contributed by atoms with Crippen molar-refractivity contribution in [2.45, 2.75) is 6.92 Å². The van der Waals surface area contributed by atoms with Gasteiger partial charge in [0.15, 0.2) is 11.5 Å². The number of amides is 1. The third-order valence-corrected chi connectivity index (χ3v) is 5.72. The molecule has 158 valence electrons. The Kier molecular flexibility index (Phi) is 6.01. The number of rotatable bonds is 4. The first-order chi connectivity index (χ1) is 15.0. The van der Waals surface area contributed by atoms with Gasteiger partial charge < -0.3 is 19.3 Å². The van der Waals surface area contributed by atoms with E-state index < -0.39 is 11.9 Å². The number of aliphatic imine (C=N–C) groups is 1. The molecule has 4 rings (SSSR count). The van der Waals surface area contributed by atoms with E-state index in [9.17, 15) is 14.7 Å². The number of nitrogens with zero attached hydrogens (tertiary/aromatic N) is 1. The first-order valence-corrected chi connectivity index (χ1v) is 10.4. The van der Waals surface area contributed by atoms with Gasteiger partial charge in [-0.05, 0) is 42.8 Å². The fraction of sp³-hybridized carbons (Fsp3) is 0.136. The largest absolute Gasteiger partial charge is 0.506 e. The summed E-state index contributed by atoms with van der Waals surface area (Å²) in [5.41, 5.74) is 0.729. The molecule has 0 bridgehead atoms. The summed E-state index contributed by atoms with van der Waals surface area (Å²) in [6, 6.07) is 11.7. The van der Waals surface area contributed by atoms with Crippen molar-refractivity contribution in [2.75, 3.05) is 13.4 Å². The number of hydrogen-bond acceptors (Lipinski definition) is 7. The second-order valence-corrected chi connectivity index (χ2v) is 7.81. The number of aliphatic hydroxyl groups excluding tert-OH is 1. The van der Waals surface area contributed by atoms with Gasteiger partial charge in [-0.15, -0.1) is 0 Å². The van der Waals surface area contributed by atoms with Crippen LogP contribution in [0, 0.1) is 0 Å². The number of fused-ring (bicyclic) bond motifs is 1. The van der Waals surface area contributed by atoms with E-state index in [0.717, 1.165) is 11.8 Å². The second-order valence-electron chi connectivity index (χ2n) is 6.37. The quantitative estimate of drug-likeness (QED) is 0.660. The van der Waals surface area contributed by atoms with Crippen LogP contribution in [0.25, 0.3) is 6.08 Å². The number of carbonyl (C=O) groups excluding carboxylic acids is 2. The molecule has 0 atom stereocenters. The Hall–Kier alpha value is -3.23. The molecule has 0 unspecified atom stereocenters. The maximum atomic E-state index is 12.7. The molecule has 2 aliphatic heterocycles. The lowest BCUT2D eigenvalue weighted by Crippen LogP contribution is -2.14. The zero-order valence-electron chi connectivity index (χ0n) is 16.3. The summed E-state index contributed by atoms with van der Waals surface area (Å²) < 4.78 is 15.7. The van der Waals surface area contributed by atoms with Crippen LogP contribution in [0.5, 0.6) is 11.5 Å². The lowest BCUT2D eigenvalue weighted by Gasteiger charge is -2.04. The predicted molar refractivity (Wildman–Crippen MR) is 118 cm³/mol. The van der Waals surface area contributed by atoms with Gasteiger partial charge in [0.05, 0.1) is 22.1 Å². The minimum absolute atomic E-state index is 0.0351. The summed E-state index contributed by atoms with van der Waals surface area (Å²) in [7, 11) is 0. The van der Waals surface area contributed by atoms with Gasteiger partial charge in [0.2, 0.25) is 6.79 Å². The Morgan fingerprint density at radius 1 is 1.23 bits per heavy atom. The highest BCUT2D eigenvalue weighted by atomic mass is 35.5. The fourth-order valence-electron chi connectivity index (χ4n) is 2.93. The predicted octanol–water partition coefficient (Wildman–Crippen LogP) is 4.77. The molecule has 0 saturated carbocycles. The number of halogens is 1. The van der Waals surface area contributed by atoms with E-state index in [1.54, 1.807) is 49.4 Å². The van der Waals surface area contributed by atoms with Crippen molar-refractivity contribution < 1.29 is 28.9 Å². The van der Waals surface area contributed by atoms with Crippen molar-refractivity contribution in [1.82, 2.24) is 0 Å². The number of aliphatic hydroxyl groups is 1. The van der Waals surface area contributed by atoms with Gasteiger partial charge in [-0.25, -0.2) is 9.79 Å². The van der Waals surface area contributed by atoms with Crippen molar-refractivity contribution in [3.05, 3.63) is 74.9 Å². The maximum absolute atomic E-state index is 12.7. The molecule has 31 heavy (non-hydrogen) atoms. The van der Waals surface area contributed by atoms with Crippen LogP contribution in [0.2, 0.25) is 5.02 Å². The minimum Gasteiger partial charge on any atom is -0.506 e. The first-order valence-electron chi connectivity index (χ1n) is 9.25. The number of ether oxygens (including phenoxy) is 3. The summed E-state index contributed by atoms with van der Waals surface area (Å²) in [5.74, 6) is -0.513. The van der Waals surface area contributed by atoms with Crippen molar-refractivity contribution in [1.29, 1.82) is 0 Å². The molecular formula is C22H16ClNO6S. The Balaban J connectivity index is 1.72. The van der Waals surface area contributed by atoms with Crippen LogP contribution in [-0.4, -0.2) is 35.4 Å². The highest BCUT2D eigenvalue weighted by Gasteiger charge is 2.34. The first kappa shape index (κ1) is 21.0. The second kappa shape index (κ2) is 8.87. The summed E-state index contributed by atoms with van der Waals surface area (Å²) in [4.78, 5) is 29.5. The summed E-state index contributed by atoms with van der Waals surface area (Å²) in [6.07, 6.45) is 1.66. The lowest BCUT2D eigenvalue weighted by molar-refractivity contribution is -0.138. The molecule has 7 nitrogen and oxygen atoms in total. The molecular weight excluding hydrogens is 442 g/mol. The van der Waals surface area contributed by atoms with Gasteiger partial charge in [0, 0.05) is 0 Å². The molecule has 0 radical (unpaired) electrons. The Morgan fingerprint density at radius 3 is 2.77 bits per heavy atom. The van der Waals surface area contributed by atoms with E-state index in [0.29, 0.717) is 22.0 Å². The molecule has 2 aromatic rings. The van der Waals surface area contributed by atoms with Gasteiger partial charge in [0.25, 0.3) is 5.91 Å². The van der Waals surface area contributed by atoms with E-state index in [4.69, 9.17) is 25.8 Å². The molecule has 1 N–H and O–H groups in total. The van der Waals surface area contributed by atoms with Crippen LogP contribution < -0.4 is 9.47 Å². The van der Waals surface area contributed by atoms with Gasteiger partial charge in [-0.2, -0.15) is 0 Å². The molecule has 0 aliphatic carbocycles. The minimum atomic E-state index is -0.771. The molecule has 0 aromatic heterocycles. The zero-order chi connectivity index (χ0) is 22.0. The van der Waals surface area contributed by atoms with E-state index in [1.807, 2.05) is 0 Å². The Labute approximate surface area is 187 Å². The Morgan fingerprint density at radius 2 is 2.00 bits per heavy atom. The van der Waals surface area contributed by atoms with Gasteiger partial charge in [-0.3, -0.25) is 4.79 Å². The van der Waals surface area contributed by atoms with Gasteiger partial charge >= 0.3 is 5.97 Å². The van der Waals surface area contributed by atoms with Crippen LogP contribution in [0.4, 0.5) is 0 Å². The SMILES string of the molecule is CCOC(=O)C1=C(O)/C(=C/c2ccc3c(c2)OCO3)SC1=NC(=O)c1ccccc1Cl. The highest BCUT2D eigenvalue weighted by Crippen LogP contribution is 2.40. The van der Waals surface area contributed by atoms with Crippen molar-refractivity contribution in [3.63, 3.8) is 0 Å². The number of hydrogen-bond donors (Lipinski definition) is 1. The molecule has 0 saturated heterocycles. The van der Waals surface area contributed by atoms with Crippen molar-refractivity contribution >= 4 is 46.4 Å². The number of benzene rings is 2. The van der Waals surface area contributed by atoms with Crippen LogP contribution in [0.15, 0.2) is 63.7 Å². The van der Waals surface area contributed by atoms with Gasteiger partial charge in [0.1, 0.15) is 16.4 Å². The standard InChI is InChI=1S/C22H16ClNO6S/c1-2-28-22(27)18-19(25)17(10-12-7-8-15-16(9-12)30-11-29-15)31-21(18)24-20(26)13-5-3-4-6-14(13)23/h3-10,25H,2,11H2,1H3/b17-10-,24-21?. The van der Waals surface area contributed by atoms with Crippen LogP contribution in [-0.2, 0) is 9.53 Å². The molecule has 9 heteroatoms. The lowest BCUT2D eigenvalue weighted by atomic mass is 10.1. The number of thioether (sulfide) groups is 1. The molecule has 2 heterocycles. The monoisotopic (exact) mass is 457 g/mol. The highest BCUT2D eigenvalue weighted by molar-refractivity contribution is 8.18. The van der Waals surface area contributed by atoms with E-state index >= 15 is 0 Å². The van der Waals surface area contributed by atoms with E-state index in [2.05, 4.69) is 4.99 Å². The van der Waals surface area contributed by atoms with Crippen LogP contribution >= 0.6 is 23.4 Å². The average Bonchev–Trinajstić information content (AvgIpc) is 3.32. The van der Waals surface area contributed by atoms with Crippen LogP contribution in [0.1, 0.15) is 22.8 Å². The van der Waals surface area contributed by atoms with E-state index in [1.165, 1.54) is 6.07 Å². The summed E-state index contributed by atoms with van der Waals surface area (Å²) >= 11 is 7.07. The topological polar surface area (TPSA) is 94.4 Å². The zero-order valence-corrected chi connectivity index (χ0v) is 17.8. The number of esters is 1. The molecule has 2 aliphatic rings.